The summed E-state index contributed by atoms with van der Waals surface area (Å²) < 4.78 is 62.3. The number of nitrogens with two attached hydrogens (primary N) is 1. The molecule has 38 heavy (non-hydrogen) atoms. The molecule has 0 saturated carbocycles. The zero-order chi connectivity index (χ0) is 27.6. The summed E-state index contributed by atoms with van der Waals surface area (Å²) in [7, 11) is 1.35. The van der Waals surface area contributed by atoms with E-state index in [9.17, 15) is 27.2 Å². The lowest BCUT2D eigenvalue weighted by Crippen LogP contribution is -2.45. The molecule has 0 aliphatic heterocycles. The zero-order valence-electron chi connectivity index (χ0n) is 19.9. The molecule has 0 fully saturated rings. The number of aromatic nitrogens is 3. The van der Waals surface area contributed by atoms with Crippen molar-refractivity contribution in [2.45, 2.75) is 25.2 Å². The molecule has 0 aliphatic carbocycles. The molecule has 0 saturated heterocycles. The van der Waals surface area contributed by atoms with Crippen molar-refractivity contribution in [3.63, 3.8) is 0 Å². The molecule has 0 bridgehead atoms. The Hall–Kier alpha value is -3.96. The van der Waals surface area contributed by atoms with Crippen molar-refractivity contribution in [3.05, 3.63) is 121 Å². The summed E-state index contributed by atoms with van der Waals surface area (Å²) >= 11 is 6.39. The molecule has 0 aliphatic rings. The minimum Gasteiger partial charge on any atom is -0.495 e. The van der Waals surface area contributed by atoms with Gasteiger partial charge in [0, 0.05) is 18.0 Å². The second-order valence-electron chi connectivity index (χ2n) is 8.31. The zero-order valence-corrected chi connectivity index (χ0v) is 20.6. The van der Waals surface area contributed by atoms with Crippen molar-refractivity contribution in [3.8, 4) is 11.4 Å². The molecule has 4 rings (SSSR count). The minimum absolute atomic E-state index is 0.00359. The highest BCUT2D eigenvalue weighted by molar-refractivity contribution is 6.33. The molecule has 12 heteroatoms. The predicted octanol–water partition coefficient (Wildman–Crippen LogP) is 4.50. The molecular weight excluding hydrogens is 528 g/mol. The first-order valence-corrected chi connectivity index (χ1v) is 11.6. The molecule has 0 radical (unpaired) electrons. The maximum absolute atomic E-state index is 14.6. The van der Waals surface area contributed by atoms with Crippen LogP contribution >= 0.6 is 11.6 Å². The third-order valence-corrected chi connectivity index (χ3v) is 6.27. The van der Waals surface area contributed by atoms with Gasteiger partial charge in [0.1, 0.15) is 22.3 Å². The fourth-order valence-electron chi connectivity index (χ4n) is 3.99. The van der Waals surface area contributed by atoms with E-state index in [2.05, 4.69) is 5.10 Å². The van der Waals surface area contributed by atoms with E-state index in [-0.39, 0.29) is 23.0 Å². The number of hydrogen-bond acceptors (Lipinski definition) is 5. The Morgan fingerprint density at radius 1 is 1.03 bits per heavy atom. The molecule has 0 amide bonds. The second-order valence-corrected chi connectivity index (χ2v) is 8.69. The fourth-order valence-corrected chi connectivity index (χ4v) is 4.27. The maximum Gasteiger partial charge on any atom is 0.416 e. The van der Waals surface area contributed by atoms with E-state index in [4.69, 9.17) is 22.1 Å². The van der Waals surface area contributed by atoms with E-state index in [0.29, 0.717) is 11.6 Å². The van der Waals surface area contributed by atoms with Crippen LogP contribution in [0, 0.1) is 5.82 Å². The minimum atomic E-state index is -4.89. The van der Waals surface area contributed by atoms with E-state index in [1.54, 1.807) is 30.3 Å². The number of ether oxygens (including phenoxy) is 1. The number of benzene rings is 3. The van der Waals surface area contributed by atoms with Crippen LogP contribution in [0.4, 0.5) is 17.6 Å². The van der Waals surface area contributed by atoms with Crippen molar-refractivity contribution >= 4 is 11.6 Å². The van der Waals surface area contributed by atoms with E-state index < -0.39 is 52.5 Å². The molecule has 0 spiro atoms. The van der Waals surface area contributed by atoms with E-state index >= 15 is 0 Å². The lowest BCUT2D eigenvalue weighted by Gasteiger charge is -2.18. The highest BCUT2D eigenvalue weighted by Crippen LogP contribution is 2.34. The Morgan fingerprint density at radius 3 is 2.37 bits per heavy atom. The highest BCUT2D eigenvalue weighted by atomic mass is 35.5. The molecule has 2 N–H and O–H groups in total. The van der Waals surface area contributed by atoms with Gasteiger partial charge in [0.2, 0.25) is 0 Å². The Balaban J connectivity index is 1.94. The number of rotatable bonds is 7. The van der Waals surface area contributed by atoms with E-state index in [1.165, 1.54) is 25.3 Å². The molecule has 1 atom stereocenters. The normalized spacial score (nSPS) is 12.4. The SMILES string of the molecule is COc1cccc(-n2nc(Cc3c(F)cccc3C(F)(F)F)c(=O)n(CC(N)c3ccccc3)c2=O)c1Cl. The third-order valence-electron chi connectivity index (χ3n) is 5.89. The van der Waals surface area contributed by atoms with E-state index in [0.717, 1.165) is 21.4 Å². The average molecular weight is 549 g/mol. The molecule has 7 nitrogen and oxygen atoms in total. The smallest absolute Gasteiger partial charge is 0.416 e. The topological polar surface area (TPSA) is 92.1 Å². The summed E-state index contributed by atoms with van der Waals surface area (Å²) in [5, 5.41) is 4.00. The summed E-state index contributed by atoms with van der Waals surface area (Å²) in [6, 6.07) is 14.7. The van der Waals surface area contributed by atoms with Gasteiger partial charge in [-0.1, -0.05) is 54.1 Å². The average Bonchev–Trinajstić information content (AvgIpc) is 2.89. The van der Waals surface area contributed by atoms with Crippen molar-refractivity contribution in [2.24, 2.45) is 5.73 Å². The van der Waals surface area contributed by atoms with Crippen LogP contribution in [-0.2, 0) is 19.1 Å². The van der Waals surface area contributed by atoms with Crippen LogP contribution in [0.3, 0.4) is 0 Å². The molecule has 1 heterocycles. The number of alkyl halides is 3. The van der Waals surface area contributed by atoms with Gasteiger partial charge in [-0.25, -0.2) is 9.18 Å². The summed E-state index contributed by atoms with van der Waals surface area (Å²) in [6.07, 6.45) is -5.74. The van der Waals surface area contributed by atoms with Gasteiger partial charge in [-0.3, -0.25) is 9.36 Å². The maximum atomic E-state index is 14.6. The molecule has 3 aromatic carbocycles. The van der Waals surface area contributed by atoms with Crippen LogP contribution in [0.1, 0.15) is 28.4 Å². The van der Waals surface area contributed by atoms with Crippen LogP contribution in [0.2, 0.25) is 5.02 Å². The summed E-state index contributed by atoms with van der Waals surface area (Å²) in [4.78, 5) is 26.9. The van der Waals surface area contributed by atoms with Gasteiger partial charge in [0.05, 0.1) is 24.9 Å². The lowest BCUT2D eigenvalue weighted by atomic mass is 10.0. The monoisotopic (exact) mass is 548 g/mol. The Bertz CT molecular complexity index is 1590. The largest absolute Gasteiger partial charge is 0.495 e. The van der Waals surface area contributed by atoms with Crippen LogP contribution < -0.4 is 21.7 Å². The molecule has 4 aromatic rings. The third kappa shape index (κ3) is 5.34. The van der Waals surface area contributed by atoms with Gasteiger partial charge in [0.15, 0.2) is 0 Å². The first-order chi connectivity index (χ1) is 18.0. The van der Waals surface area contributed by atoms with Gasteiger partial charge in [-0.15, -0.1) is 0 Å². The Morgan fingerprint density at radius 2 is 1.71 bits per heavy atom. The lowest BCUT2D eigenvalue weighted by molar-refractivity contribution is -0.138. The molecule has 1 aromatic heterocycles. The second kappa shape index (κ2) is 10.8. The van der Waals surface area contributed by atoms with Crippen molar-refractivity contribution < 1.29 is 22.3 Å². The summed E-state index contributed by atoms with van der Waals surface area (Å²) in [5.41, 5.74) is 2.36. The van der Waals surface area contributed by atoms with Crippen LogP contribution in [0.15, 0.2) is 76.3 Å². The van der Waals surface area contributed by atoms with Gasteiger partial charge < -0.3 is 10.5 Å². The summed E-state index contributed by atoms with van der Waals surface area (Å²) in [6.45, 7) is -0.331. The first kappa shape index (κ1) is 27.1. The Labute approximate surface area is 218 Å². The van der Waals surface area contributed by atoms with Crippen molar-refractivity contribution in [1.29, 1.82) is 0 Å². The van der Waals surface area contributed by atoms with E-state index in [1.807, 2.05) is 0 Å². The number of nitrogens with zero attached hydrogens (tertiary/aromatic N) is 3. The number of halogens is 5. The van der Waals surface area contributed by atoms with Gasteiger partial charge in [-0.05, 0) is 29.8 Å². The predicted molar refractivity (Wildman–Crippen MR) is 133 cm³/mol. The molecule has 1 unspecified atom stereocenters. The number of hydrogen-bond donors (Lipinski definition) is 1. The van der Waals surface area contributed by atoms with Gasteiger partial charge >= 0.3 is 11.9 Å². The molecule has 198 valence electrons. The van der Waals surface area contributed by atoms with Gasteiger partial charge in [0.25, 0.3) is 5.56 Å². The Kier molecular flexibility index (Phi) is 7.70. The highest BCUT2D eigenvalue weighted by Gasteiger charge is 2.35. The first-order valence-electron chi connectivity index (χ1n) is 11.2. The number of methoxy groups -OCH3 is 1. The van der Waals surface area contributed by atoms with Gasteiger partial charge in [-0.2, -0.15) is 23.0 Å². The van der Waals surface area contributed by atoms with Crippen LogP contribution in [0.5, 0.6) is 5.75 Å². The van der Waals surface area contributed by atoms with Crippen molar-refractivity contribution in [1.82, 2.24) is 14.3 Å². The fraction of sp³-hybridized carbons (Fsp3) is 0.192. The van der Waals surface area contributed by atoms with Crippen LogP contribution in [0.25, 0.3) is 5.69 Å². The summed E-state index contributed by atoms with van der Waals surface area (Å²) in [5.74, 6) is -0.989. The van der Waals surface area contributed by atoms with Crippen LogP contribution in [-0.4, -0.2) is 21.5 Å². The molecular formula is C26H21ClF4N4O3. The van der Waals surface area contributed by atoms with Crippen molar-refractivity contribution in [2.75, 3.05) is 7.11 Å². The quantitative estimate of drug-likeness (QED) is 0.343. The standard InChI is InChI=1S/C26H21ClF4N4O3/c1-38-22-12-6-11-21(23(22)27)35-25(37)34(14-19(32)15-7-3-2-4-8-15)24(36)20(33-35)13-16-17(26(29,30)31)9-5-10-18(16)28/h2-12,19H,13-14,32H2,1H3.